The summed E-state index contributed by atoms with van der Waals surface area (Å²) in [5.74, 6) is 0.220. The summed E-state index contributed by atoms with van der Waals surface area (Å²) in [5.41, 5.74) is 1.64. The third-order valence-corrected chi connectivity index (χ3v) is 5.60. The molecule has 0 aliphatic carbocycles. The number of non-ortho nitro benzene ring substituents is 1. The first-order chi connectivity index (χ1) is 14.5. The Morgan fingerprint density at radius 2 is 1.97 bits per heavy atom. The number of hydrogen-bond acceptors (Lipinski definition) is 5. The van der Waals surface area contributed by atoms with E-state index in [0.717, 1.165) is 32.2 Å². The highest BCUT2D eigenvalue weighted by atomic mass is 16.6. The maximum Gasteiger partial charge on any atom is 0.269 e. The van der Waals surface area contributed by atoms with Crippen LogP contribution in [0.25, 0.3) is 0 Å². The number of piperidine rings is 1. The smallest absolute Gasteiger partial charge is 0.269 e. The maximum absolute atomic E-state index is 13.1. The van der Waals surface area contributed by atoms with Crippen molar-refractivity contribution in [3.05, 3.63) is 63.7 Å². The van der Waals surface area contributed by atoms with E-state index in [1.807, 2.05) is 4.90 Å². The Hall–Kier alpha value is -3.42. The van der Waals surface area contributed by atoms with Crippen molar-refractivity contribution in [2.45, 2.75) is 38.1 Å². The summed E-state index contributed by atoms with van der Waals surface area (Å²) in [5, 5.41) is 13.5. The lowest BCUT2D eigenvalue weighted by molar-refractivity contribution is -0.384. The van der Waals surface area contributed by atoms with E-state index in [9.17, 15) is 19.7 Å². The number of carbonyl (C=O) groups is 2. The van der Waals surface area contributed by atoms with Gasteiger partial charge in [0.1, 0.15) is 5.75 Å². The molecule has 2 aromatic carbocycles. The zero-order valence-corrected chi connectivity index (χ0v) is 16.5. The summed E-state index contributed by atoms with van der Waals surface area (Å²) in [7, 11) is 0. The number of benzene rings is 2. The van der Waals surface area contributed by atoms with Crippen molar-refractivity contribution in [2.24, 2.45) is 0 Å². The number of fused-ring (bicyclic) bond motifs is 2. The van der Waals surface area contributed by atoms with Gasteiger partial charge >= 0.3 is 0 Å². The Morgan fingerprint density at radius 1 is 1.17 bits per heavy atom. The molecule has 4 rings (SSSR count). The van der Waals surface area contributed by atoms with Crippen LogP contribution >= 0.6 is 0 Å². The number of nitro groups is 1. The lowest BCUT2D eigenvalue weighted by atomic mass is 9.97. The molecule has 0 saturated carbocycles. The minimum Gasteiger partial charge on any atom is -0.493 e. The molecular weight excluding hydrogens is 386 g/mol. The quantitative estimate of drug-likeness (QED) is 0.615. The third-order valence-electron chi connectivity index (χ3n) is 5.60. The zero-order valence-electron chi connectivity index (χ0n) is 16.5. The van der Waals surface area contributed by atoms with Crippen molar-refractivity contribution in [3.63, 3.8) is 0 Å². The molecule has 0 aromatic heterocycles. The summed E-state index contributed by atoms with van der Waals surface area (Å²) in [4.78, 5) is 37.7. The van der Waals surface area contributed by atoms with Crippen LogP contribution in [0.2, 0.25) is 0 Å². The van der Waals surface area contributed by atoms with Crippen LogP contribution in [0.3, 0.4) is 0 Å². The number of rotatable bonds is 4. The fourth-order valence-electron chi connectivity index (χ4n) is 4.05. The molecule has 156 valence electrons. The summed E-state index contributed by atoms with van der Waals surface area (Å²) in [6, 6.07) is 11.2. The van der Waals surface area contributed by atoms with Gasteiger partial charge in [0.2, 0.25) is 5.91 Å². The Morgan fingerprint density at radius 3 is 2.73 bits per heavy atom. The van der Waals surface area contributed by atoms with Gasteiger partial charge in [0.25, 0.3) is 11.6 Å². The van der Waals surface area contributed by atoms with Crippen LogP contribution < -0.4 is 10.1 Å². The topological polar surface area (TPSA) is 102 Å². The molecule has 2 aliphatic rings. The largest absolute Gasteiger partial charge is 0.493 e. The summed E-state index contributed by atoms with van der Waals surface area (Å²) in [6.07, 6.45) is 4.03. The zero-order chi connectivity index (χ0) is 21.1. The molecule has 2 aromatic rings. The van der Waals surface area contributed by atoms with Gasteiger partial charge in [-0.1, -0.05) is 12.1 Å². The molecule has 2 heterocycles. The average Bonchev–Trinajstić information content (AvgIpc) is 2.74. The van der Waals surface area contributed by atoms with Crippen molar-refractivity contribution < 1.29 is 19.2 Å². The van der Waals surface area contributed by atoms with Crippen molar-refractivity contribution in [2.75, 3.05) is 18.5 Å². The van der Waals surface area contributed by atoms with E-state index in [1.54, 1.807) is 30.3 Å². The summed E-state index contributed by atoms with van der Waals surface area (Å²) in [6.45, 7) is 1.31. The predicted molar refractivity (Wildman–Crippen MR) is 111 cm³/mol. The molecule has 2 amide bonds. The molecular formula is C22H23N3O5. The molecule has 2 aliphatic heterocycles. The van der Waals surface area contributed by atoms with Crippen LogP contribution in [0.4, 0.5) is 11.4 Å². The standard InChI is InChI=1S/C22H23N3O5/c26-21(13-15-4-7-18(8-5-15)25(28)29)23-16-6-9-20-19(14-16)22(27)24-11-2-1-3-17(24)10-12-30-20/h4-9,14,17H,1-3,10-13H2,(H,23,26). The minimum absolute atomic E-state index is 0.0182. The lowest BCUT2D eigenvalue weighted by Crippen LogP contribution is -2.45. The molecule has 8 nitrogen and oxygen atoms in total. The Balaban J connectivity index is 1.48. The molecule has 0 bridgehead atoms. The minimum atomic E-state index is -0.478. The van der Waals surface area contributed by atoms with Gasteiger partial charge in [-0.3, -0.25) is 19.7 Å². The number of nitro benzene ring substituents is 1. The van der Waals surface area contributed by atoms with E-state index in [-0.39, 0.29) is 30.0 Å². The Bertz CT molecular complexity index is 973. The van der Waals surface area contributed by atoms with Gasteiger partial charge in [0.05, 0.1) is 23.5 Å². The van der Waals surface area contributed by atoms with Crippen LogP contribution in [-0.4, -0.2) is 40.8 Å². The molecule has 8 heteroatoms. The predicted octanol–water partition coefficient (Wildman–Crippen LogP) is 3.55. The summed E-state index contributed by atoms with van der Waals surface area (Å²) >= 11 is 0. The lowest BCUT2D eigenvalue weighted by Gasteiger charge is -2.37. The third kappa shape index (κ3) is 4.27. The van der Waals surface area contributed by atoms with Crippen LogP contribution in [0.5, 0.6) is 5.75 Å². The highest BCUT2D eigenvalue weighted by molar-refractivity contribution is 6.00. The fourth-order valence-corrected chi connectivity index (χ4v) is 4.05. The molecule has 0 spiro atoms. The first kappa shape index (κ1) is 19.9. The van der Waals surface area contributed by atoms with Crippen LogP contribution in [0, 0.1) is 10.1 Å². The number of hydrogen-bond donors (Lipinski definition) is 1. The maximum atomic E-state index is 13.1. The first-order valence-corrected chi connectivity index (χ1v) is 10.1. The van der Waals surface area contributed by atoms with Crippen molar-refractivity contribution in [1.29, 1.82) is 0 Å². The van der Waals surface area contributed by atoms with Gasteiger partial charge in [-0.15, -0.1) is 0 Å². The molecule has 1 saturated heterocycles. The second-order valence-corrected chi connectivity index (χ2v) is 7.64. The van der Waals surface area contributed by atoms with Crippen LogP contribution in [-0.2, 0) is 11.2 Å². The molecule has 0 radical (unpaired) electrons. The monoisotopic (exact) mass is 409 g/mol. The van der Waals surface area contributed by atoms with Gasteiger partial charge < -0.3 is 15.0 Å². The second kappa shape index (κ2) is 8.52. The van der Waals surface area contributed by atoms with E-state index in [0.29, 0.717) is 29.2 Å². The number of carbonyl (C=O) groups excluding carboxylic acids is 2. The second-order valence-electron chi connectivity index (χ2n) is 7.64. The number of ether oxygens (including phenoxy) is 1. The van der Waals surface area contributed by atoms with E-state index < -0.39 is 4.92 Å². The first-order valence-electron chi connectivity index (χ1n) is 10.1. The van der Waals surface area contributed by atoms with E-state index in [4.69, 9.17) is 4.74 Å². The molecule has 30 heavy (non-hydrogen) atoms. The highest BCUT2D eigenvalue weighted by Crippen LogP contribution is 2.31. The fraction of sp³-hybridized carbons (Fsp3) is 0.364. The number of anilines is 1. The molecule has 1 fully saturated rings. The van der Waals surface area contributed by atoms with E-state index in [2.05, 4.69) is 5.32 Å². The van der Waals surface area contributed by atoms with Gasteiger partial charge in [0.15, 0.2) is 0 Å². The van der Waals surface area contributed by atoms with Gasteiger partial charge in [-0.25, -0.2) is 0 Å². The molecule has 1 atom stereocenters. The highest BCUT2D eigenvalue weighted by Gasteiger charge is 2.31. The van der Waals surface area contributed by atoms with E-state index in [1.165, 1.54) is 12.1 Å². The number of nitrogens with zero attached hydrogens (tertiary/aromatic N) is 2. The van der Waals surface area contributed by atoms with E-state index >= 15 is 0 Å². The Labute approximate surface area is 174 Å². The SMILES string of the molecule is O=C(Cc1ccc([N+](=O)[O-])cc1)Nc1ccc2c(c1)C(=O)N1CCCCC1CCO2. The van der Waals surface area contributed by atoms with Crippen LogP contribution in [0.1, 0.15) is 41.6 Å². The van der Waals surface area contributed by atoms with Gasteiger partial charge in [-0.2, -0.15) is 0 Å². The Kier molecular flexibility index (Phi) is 5.65. The van der Waals surface area contributed by atoms with Crippen molar-refractivity contribution in [3.8, 4) is 5.75 Å². The van der Waals surface area contributed by atoms with Crippen molar-refractivity contribution >= 4 is 23.2 Å². The summed E-state index contributed by atoms with van der Waals surface area (Å²) < 4.78 is 5.82. The van der Waals surface area contributed by atoms with Gasteiger partial charge in [0, 0.05) is 36.8 Å². The molecule has 1 unspecified atom stereocenters. The average molecular weight is 409 g/mol. The van der Waals surface area contributed by atoms with Crippen molar-refractivity contribution in [1.82, 2.24) is 4.90 Å². The number of amides is 2. The molecule has 1 N–H and O–H groups in total. The van der Waals surface area contributed by atoms with Crippen LogP contribution in [0.15, 0.2) is 42.5 Å². The van der Waals surface area contributed by atoms with Gasteiger partial charge in [-0.05, 0) is 43.0 Å². The normalized spacial score (nSPS) is 18.3. The number of nitrogens with one attached hydrogen (secondary N) is 1.